The summed E-state index contributed by atoms with van der Waals surface area (Å²) < 4.78 is 0. The number of aliphatic carboxylic acids is 5. The summed E-state index contributed by atoms with van der Waals surface area (Å²) in [6, 6.07) is -21.0. The summed E-state index contributed by atoms with van der Waals surface area (Å²) in [6.07, 6.45) is 0.799. The van der Waals surface area contributed by atoms with E-state index >= 15 is 0 Å². The summed E-state index contributed by atoms with van der Waals surface area (Å²) in [5.41, 5.74) is 17.3. The molecule has 2 aliphatic rings. The van der Waals surface area contributed by atoms with E-state index in [1.807, 2.05) is 10.6 Å². The van der Waals surface area contributed by atoms with Crippen molar-refractivity contribution in [2.75, 3.05) is 32.7 Å². The second-order valence-corrected chi connectivity index (χ2v) is 25.5. The first-order chi connectivity index (χ1) is 51.1. The lowest BCUT2D eigenvalue weighted by atomic mass is 10.0. The number of hydrogen-bond acceptors (Lipinski definition) is 24. The maximum atomic E-state index is 14.3. The summed E-state index contributed by atoms with van der Waals surface area (Å²) in [5.74, 6) is -23.5. The fourth-order valence-corrected chi connectivity index (χ4v) is 11.2. The first-order valence-electron chi connectivity index (χ1n) is 34.5. The SMILES string of the molecule is C[C@H](NC(=O)[C@H](Cc1cnc[nH]1)NC(=O)[C@H](CC(=O)O)NC(=O)[C@H](CC(=O)O)NC(=O)[C@H](CC(N)=O)NC(=O)[C@H](CCCCN)NC(=O)[C@@H]1CCCN1C(=O)[C@H](C)NC(=O)[C@H](Cc1cnc[nH]1)NC(=O)CNC(=O)[C@H](CC(=O)O)NC(=O)[C@H](CCC(=O)O)NC(=O)[C@H](CCCCN)NC(=O)[C@@H]1CCCN1)C(=O)O. The molecule has 2 aromatic heterocycles. The molecule has 4 heterocycles. The average Bonchev–Trinajstić information content (AvgIpc) is 1.58. The number of amides is 14. The van der Waals surface area contributed by atoms with E-state index in [9.17, 15) is 117 Å². The summed E-state index contributed by atoms with van der Waals surface area (Å²) in [5, 5.41) is 78.5. The zero-order valence-corrected chi connectivity index (χ0v) is 59.1. The third kappa shape index (κ3) is 30.7. The topological polar surface area (TPSA) is 721 Å². The Balaban J connectivity index is 1.47. The molecular weight excluding hydrogens is 1430 g/mol. The predicted molar refractivity (Wildman–Crippen MR) is 367 cm³/mol. The van der Waals surface area contributed by atoms with Gasteiger partial charge in [0.15, 0.2) is 0 Å². The number of nitrogens with one attached hydrogen (secondary N) is 15. The first kappa shape index (κ1) is 88.6. The van der Waals surface area contributed by atoms with Gasteiger partial charge in [-0.05, 0) is 104 Å². The minimum atomic E-state index is -2.21. The number of primary amides is 1. The third-order valence-electron chi connectivity index (χ3n) is 16.9. The minimum absolute atomic E-state index is 0.0177. The maximum Gasteiger partial charge on any atom is 0.325 e. The highest BCUT2D eigenvalue weighted by Crippen LogP contribution is 2.20. The molecule has 2 saturated heterocycles. The van der Waals surface area contributed by atoms with Gasteiger partial charge in [0.05, 0.1) is 50.9 Å². The van der Waals surface area contributed by atoms with E-state index < -0.39 is 236 Å². The van der Waals surface area contributed by atoms with Crippen molar-refractivity contribution >= 4 is 113 Å². The fraction of sp³-hybridized carbons (Fsp3) is 0.603. The molecule has 4 rings (SSSR count). The van der Waals surface area contributed by atoms with Crippen LogP contribution < -0.4 is 86.3 Å². The maximum absolute atomic E-state index is 14.3. The van der Waals surface area contributed by atoms with E-state index in [1.54, 1.807) is 0 Å². The van der Waals surface area contributed by atoms with Crippen LogP contribution in [0.3, 0.4) is 0 Å². The second kappa shape index (κ2) is 44.9. The molecule has 13 atom stereocenters. The zero-order chi connectivity index (χ0) is 80.3. The van der Waals surface area contributed by atoms with Crippen LogP contribution in [-0.4, -0.2) is 274 Å². The van der Waals surface area contributed by atoms with Crippen LogP contribution in [0.15, 0.2) is 25.0 Å². The largest absolute Gasteiger partial charge is 0.481 e. The molecule has 45 nitrogen and oxygen atoms in total. The zero-order valence-electron chi connectivity index (χ0n) is 59.1. The molecule has 0 saturated carbocycles. The molecule has 2 aliphatic heterocycles. The van der Waals surface area contributed by atoms with Gasteiger partial charge in [0.2, 0.25) is 82.7 Å². The van der Waals surface area contributed by atoms with E-state index in [2.05, 4.69) is 78.4 Å². The van der Waals surface area contributed by atoms with Gasteiger partial charge in [-0.2, -0.15) is 0 Å². The quantitative estimate of drug-likeness (QED) is 0.0274. The van der Waals surface area contributed by atoms with Crippen LogP contribution in [0.5, 0.6) is 0 Å². The van der Waals surface area contributed by atoms with Crippen LogP contribution in [0, 0.1) is 0 Å². The number of carbonyl (C=O) groups is 19. The van der Waals surface area contributed by atoms with Crippen LogP contribution >= 0.6 is 0 Å². The molecule has 26 N–H and O–H groups in total. The van der Waals surface area contributed by atoms with Crippen LogP contribution in [-0.2, 0) is 104 Å². The lowest BCUT2D eigenvalue weighted by molar-refractivity contribution is -0.144. The number of hydrogen-bond donors (Lipinski definition) is 23. The van der Waals surface area contributed by atoms with Gasteiger partial charge in [0.25, 0.3) is 0 Å². The van der Waals surface area contributed by atoms with Crippen LogP contribution in [0.2, 0.25) is 0 Å². The molecule has 14 amide bonds. The highest BCUT2D eigenvalue weighted by atomic mass is 16.4. The standard InChI is InChI=1S/C63H95N21O24/c1-30(73-56(100)38(19-32-25-67-28-71-32)75-46(86)27-70-51(95)41(22-48(89)90)81-55(99)37(13-14-47(87)88)77-53(97)35(9-3-5-15-64)76-52(96)34-11-7-17-69-34)62(106)84-18-8-12-44(84)61(105)78-36(10-4-6-16-65)54(98)80-40(21-45(66)85)58(102)82-43(24-50(93)94)60(104)83-42(23-49(91)92)59(103)79-39(20-33-26-68-29-72-33)57(101)74-31(2)63(107)108/h25-26,28-31,34-44,69H,3-24,27,64-65H2,1-2H3,(H2,66,85)(H,67,71)(H,68,72)(H,70,95)(H,73,100)(H,74,101)(H,75,86)(H,76,96)(H,77,97)(H,78,105)(H,79,103)(H,80,98)(H,81,99)(H,82,102)(H,83,104)(H,87,88)(H,89,90)(H,91,92)(H,93,94)(H,107,108)/t30-,31-,34-,35-,36-,37-,38-,39-,40-,41-,42-,43-,44-/m0/s1. The van der Waals surface area contributed by atoms with Crippen molar-refractivity contribution in [3.05, 3.63) is 36.4 Å². The Kier molecular flexibility index (Phi) is 36.8. The van der Waals surface area contributed by atoms with Crippen LogP contribution in [0.1, 0.15) is 128 Å². The number of aromatic nitrogens is 4. The highest BCUT2D eigenvalue weighted by Gasteiger charge is 2.41. The number of imidazole rings is 2. The van der Waals surface area contributed by atoms with Gasteiger partial charge in [-0.1, -0.05) is 0 Å². The van der Waals surface area contributed by atoms with Crippen molar-refractivity contribution in [2.45, 2.75) is 208 Å². The number of carboxylic acid groups (broad SMARTS) is 5. The molecule has 2 fully saturated rings. The number of carboxylic acids is 5. The Labute approximate surface area is 615 Å². The third-order valence-corrected chi connectivity index (χ3v) is 16.9. The summed E-state index contributed by atoms with van der Waals surface area (Å²) in [7, 11) is 0. The van der Waals surface area contributed by atoms with Crippen molar-refractivity contribution in [3.63, 3.8) is 0 Å². The van der Waals surface area contributed by atoms with Crippen molar-refractivity contribution in [1.82, 2.24) is 94.0 Å². The number of rotatable bonds is 49. The molecule has 45 heteroatoms. The van der Waals surface area contributed by atoms with E-state index in [0.29, 0.717) is 32.2 Å². The van der Waals surface area contributed by atoms with Crippen LogP contribution in [0.4, 0.5) is 0 Å². The van der Waals surface area contributed by atoms with Crippen molar-refractivity contribution < 1.29 is 117 Å². The number of nitrogens with two attached hydrogens (primary N) is 3. The molecule has 0 unspecified atom stereocenters. The Hall–Kier alpha value is -11.8. The molecule has 0 radical (unpaired) electrons. The number of nitrogens with zero attached hydrogens (tertiary/aromatic N) is 3. The molecule has 0 spiro atoms. The van der Waals surface area contributed by atoms with Crippen LogP contribution in [0.25, 0.3) is 0 Å². The summed E-state index contributed by atoms with van der Waals surface area (Å²) >= 11 is 0. The highest BCUT2D eigenvalue weighted by molar-refractivity contribution is 6.02. The Morgan fingerprint density at radius 2 is 0.889 bits per heavy atom. The second-order valence-electron chi connectivity index (χ2n) is 25.5. The number of aromatic amines is 2. The molecule has 596 valence electrons. The van der Waals surface area contributed by atoms with Gasteiger partial charge < -0.3 is 127 Å². The van der Waals surface area contributed by atoms with Crippen molar-refractivity contribution in [3.8, 4) is 0 Å². The van der Waals surface area contributed by atoms with Gasteiger partial charge in [-0.15, -0.1) is 0 Å². The van der Waals surface area contributed by atoms with Gasteiger partial charge in [0, 0.05) is 49.6 Å². The lowest BCUT2D eigenvalue weighted by Gasteiger charge is -2.30. The van der Waals surface area contributed by atoms with Crippen molar-refractivity contribution in [1.29, 1.82) is 0 Å². The summed E-state index contributed by atoms with van der Waals surface area (Å²) in [4.78, 5) is 265. The average molecular weight is 1530 g/mol. The van der Waals surface area contributed by atoms with Gasteiger partial charge in [0.1, 0.15) is 72.5 Å². The molecule has 2 aromatic rings. The van der Waals surface area contributed by atoms with E-state index in [4.69, 9.17) is 17.2 Å². The molecule has 0 aromatic carbocycles. The first-order valence-corrected chi connectivity index (χ1v) is 34.5. The Morgan fingerprint density at radius 3 is 1.31 bits per heavy atom. The fourth-order valence-electron chi connectivity index (χ4n) is 11.2. The lowest BCUT2D eigenvalue weighted by Crippen LogP contribution is -2.61. The van der Waals surface area contributed by atoms with Gasteiger partial charge in [-0.3, -0.25) is 91.1 Å². The van der Waals surface area contributed by atoms with E-state index in [0.717, 1.165) is 11.8 Å². The van der Waals surface area contributed by atoms with E-state index in [1.165, 1.54) is 32.0 Å². The number of unbranched alkanes of at least 4 members (excludes halogenated alkanes) is 2. The summed E-state index contributed by atoms with van der Waals surface area (Å²) in [6.45, 7) is 2.17. The smallest absolute Gasteiger partial charge is 0.325 e. The number of carbonyl (C=O) groups excluding carboxylic acids is 14. The minimum Gasteiger partial charge on any atom is -0.481 e. The molecule has 108 heavy (non-hydrogen) atoms. The Morgan fingerprint density at radius 1 is 0.472 bits per heavy atom. The predicted octanol–water partition coefficient (Wildman–Crippen LogP) is -9.34. The van der Waals surface area contributed by atoms with Gasteiger partial charge in [-0.25, -0.2) is 9.97 Å². The monoisotopic (exact) mass is 1530 g/mol. The normalized spacial score (nSPS) is 16.8. The number of H-pyrrole nitrogens is 2. The van der Waals surface area contributed by atoms with E-state index in [-0.39, 0.29) is 82.4 Å². The van der Waals surface area contributed by atoms with Gasteiger partial charge >= 0.3 is 29.8 Å². The molecule has 0 bridgehead atoms. The Bertz CT molecular complexity index is 3520. The molecular formula is C63H95N21O24. The number of likely N-dealkylation sites (tertiary alicyclic amines) is 1. The molecule has 0 aliphatic carbocycles. The van der Waals surface area contributed by atoms with Crippen molar-refractivity contribution in [2.24, 2.45) is 17.2 Å².